The molecule has 5 heteroatoms. The maximum absolute atomic E-state index is 11.8. The fourth-order valence-electron chi connectivity index (χ4n) is 1.89. The third-order valence-corrected chi connectivity index (χ3v) is 2.90. The van der Waals surface area contributed by atoms with Crippen LogP contribution in [-0.4, -0.2) is 60.9 Å². The standard InChI is InChI=1S/C12H24N2O3/c1-10(2)13-9-12(16)14-5-3-11(4-6-14)17-8-7-15/h10-11,13,15H,3-9H2,1-2H3. The van der Waals surface area contributed by atoms with Gasteiger partial charge in [-0.2, -0.15) is 0 Å². The number of ether oxygens (including phenoxy) is 1. The fourth-order valence-corrected chi connectivity index (χ4v) is 1.89. The van der Waals surface area contributed by atoms with Crippen molar-refractivity contribution in [2.45, 2.75) is 38.8 Å². The van der Waals surface area contributed by atoms with Gasteiger partial charge >= 0.3 is 0 Å². The maximum Gasteiger partial charge on any atom is 0.236 e. The predicted molar refractivity (Wildman–Crippen MR) is 65.8 cm³/mol. The topological polar surface area (TPSA) is 61.8 Å². The molecule has 1 heterocycles. The van der Waals surface area contributed by atoms with E-state index in [1.54, 1.807) is 0 Å². The van der Waals surface area contributed by atoms with E-state index in [1.807, 2.05) is 18.7 Å². The number of aliphatic hydroxyl groups is 1. The van der Waals surface area contributed by atoms with Crippen molar-refractivity contribution >= 4 is 5.91 Å². The lowest BCUT2D eigenvalue weighted by molar-refractivity contribution is -0.133. The van der Waals surface area contributed by atoms with Gasteiger partial charge in [0.05, 0.1) is 25.9 Å². The Bertz CT molecular complexity index is 226. The fraction of sp³-hybridized carbons (Fsp3) is 0.917. The second-order valence-electron chi connectivity index (χ2n) is 4.71. The zero-order valence-electron chi connectivity index (χ0n) is 10.8. The lowest BCUT2D eigenvalue weighted by Gasteiger charge is -2.32. The highest BCUT2D eigenvalue weighted by Crippen LogP contribution is 2.13. The van der Waals surface area contributed by atoms with E-state index in [0.717, 1.165) is 25.9 Å². The SMILES string of the molecule is CC(C)NCC(=O)N1CCC(OCCO)CC1. The third-order valence-electron chi connectivity index (χ3n) is 2.90. The van der Waals surface area contributed by atoms with Gasteiger partial charge < -0.3 is 20.1 Å². The van der Waals surface area contributed by atoms with Crippen LogP contribution in [0.1, 0.15) is 26.7 Å². The molecule has 0 aromatic heterocycles. The zero-order valence-corrected chi connectivity index (χ0v) is 10.8. The average molecular weight is 244 g/mol. The smallest absolute Gasteiger partial charge is 0.236 e. The Labute approximate surface area is 103 Å². The molecular formula is C12H24N2O3. The molecule has 1 aliphatic rings. The normalized spacial score (nSPS) is 17.8. The number of piperidine rings is 1. The molecule has 0 atom stereocenters. The Morgan fingerprint density at radius 1 is 1.47 bits per heavy atom. The number of rotatable bonds is 6. The van der Waals surface area contributed by atoms with Gasteiger partial charge in [0, 0.05) is 19.1 Å². The van der Waals surface area contributed by atoms with Crippen molar-refractivity contribution < 1.29 is 14.6 Å². The summed E-state index contributed by atoms with van der Waals surface area (Å²) in [7, 11) is 0. The molecule has 0 aliphatic carbocycles. The summed E-state index contributed by atoms with van der Waals surface area (Å²) in [5, 5.41) is 11.8. The summed E-state index contributed by atoms with van der Waals surface area (Å²) in [6.45, 7) is 6.46. The summed E-state index contributed by atoms with van der Waals surface area (Å²) >= 11 is 0. The number of hydrogen-bond acceptors (Lipinski definition) is 4. The van der Waals surface area contributed by atoms with E-state index < -0.39 is 0 Å². The van der Waals surface area contributed by atoms with Gasteiger partial charge in [0.2, 0.25) is 5.91 Å². The van der Waals surface area contributed by atoms with Gasteiger partial charge in [0.15, 0.2) is 0 Å². The molecule has 0 aromatic carbocycles. The predicted octanol–water partition coefficient (Wildman–Crippen LogP) is -0.0157. The second kappa shape index (κ2) is 7.63. The molecule has 100 valence electrons. The highest BCUT2D eigenvalue weighted by atomic mass is 16.5. The first-order valence-corrected chi connectivity index (χ1v) is 6.37. The molecule has 1 fully saturated rings. The molecule has 1 saturated heterocycles. The Morgan fingerprint density at radius 2 is 2.12 bits per heavy atom. The Balaban J connectivity index is 2.19. The summed E-state index contributed by atoms with van der Waals surface area (Å²) in [6.07, 6.45) is 1.94. The van der Waals surface area contributed by atoms with Crippen LogP contribution in [0.4, 0.5) is 0 Å². The molecule has 0 spiro atoms. The molecule has 1 amide bonds. The summed E-state index contributed by atoms with van der Waals surface area (Å²) < 4.78 is 5.45. The van der Waals surface area contributed by atoms with E-state index in [1.165, 1.54) is 0 Å². The lowest BCUT2D eigenvalue weighted by Crippen LogP contribution is -2.45. The van der Waals surface area contributed by atoms with Crippen LogP contribution >= 0.6 is 0 Å². The van der Waals surface area contributed by atoms with Gasteiger partial charge in [-0.3, -0.25) is 4.79 Å². The van der Waals surface area contributed by atoms with Crippen LogP contribution in [0.15, 0.2) is 0 Å². The highest BCUT2D eigenvalue weighted by molar-refractivity contribution is 5.78. The van der Waals surface area contributed by atoms with Crippen molar-refractivity contribution in [3.63, 3.8) is 0 Å². The van der Waals surface area contributed by atoms with Crippen LogP contribution in [0.3, 0.4) is 0 Å². The number of carbonyl (C=O) groups excluding carboxylic acids is 1. The largest absolute Gasteiger partial charge is 0.394 e. The molecule has 0 radical (unpaired) electrons. The quantitative estimate of drug-likeness (QED) is 0.689. The number of amides is 1. The van der Waals surface area contributed by atoms with Crippen LogP contribution in [0.5, 0.6) is 0 Å². The molecule has 2 N–H and O–H groups in total. The Hall–Kier alpha value is -0.650. The highest BCUT2D eigenvalue weighted by Gasteiger charge is 2.22. The van der Waals surface area contributed by atoms with Crippen molar-refractivity contribution in [3.05, 3.63) is 0 Å². The second-order valence-corrected chi connectivity index (χ2v) is 4.71. The zero-order chi connectivity index (χ0) is 12.7. The van der Waals surface area contributed by atoms with Crippen molar-refractivity contribution in [2.24, 2.45) is 0 Å². The molecule has 0 saturated carbocycles. The van der Waals surface area contributed by atoms with Crippen LogP contribution < -0.4 is 5.32 Å². The van der Waals surface area contributed by atoms with Crippen molar-refractivity contribution in [3.8, 4) is 0 Å². The van der Waals surface area contributed by atoms with Crippen LogP contribution in [0.2, 0.25) is 0 Å². The van der Waals surface area contributed by atoms with Gasteiger partial charge in [-0.1, -0.05) is 13.8 Å². The van der Waals surface area contributed by atoms with Crippen LogP contribution in [0.25, 0.3) is 0 Å². The average Bonchev–Trinajstić information content (AvgIpc) is 2.34. The van der Waals surface area contributed by atoms with Crippen molar-refractivity contribution in [1.29, 1.82) is 0 Å². The summed E-state index contributed by atoms with van der Waals surface area (Å²) in [4.78, 5) is 13.7. The van der Waals surface area contributed by atoms with Gasteiger partial charge in [-0.15, -0.1) is 0 Å². The molecule has 5 nitrogen and oxygen atoms in total. The Kier molecular flexibility index (Phi) is 6.47. The lowest BCUT2D eigenvalue weighted by atomic mass is 10.1. The first-order valence-electron chi connectivity index (χ1n) is 6.37. The number of aliphatic hydroxyl groups excluding tert-OH is 1. The molecule has 0 aromatic rings. The first-order chi connectivity index (χ1) is 8.13. The number of carbonyl (C=O) groups is 1. The summed E-state index contributed by atoms with van der Waals surface area (Å²) in [5.74, 6) is 0.166. The van der Waals surface area contributed by atoms with E-state index in [9.17, 15) is 4.79 Å². The molecule has 17 heavy (non-hydrogen) atoms. The first kappa shape index (κ1) is 14.4. The minimum Gasteiger partial charge on any atom is -0.394 e. The third kappa shape index (κ3) is 5.48. The molecule has 1 aliphatic heterocycles. The van der Waals surface area contributed by atoms with Gasteiger partial charge in [-0.25, -0.2) is 0 Å². The number of likely N-dealkylation sites (tertiary alicyclic amines) is 1. The molecule has 0 bridgehead atoms. The minimum atomic E-state index is 0.0669. The van der Waals surface area contributed by atoms with Gasteiger partial charge in [0.1, 0.15) is 0 Å². The van der Waals surface area contributed by atoms with Crippen molar-refractivity contribution in [1.82, 2.24) is 10.2 Å². The van der Waals surface area contributed by atoms with E-state index in [4.69, 9.17) is 9.84 Å². The van der Waals surface area contributed by atoms with Crippen LogP contribution in [-0.2, 0) is 9.53 Å². The number of nitrogens with one attached hydrogen (secondary N) is 1. The van der Waals surface area contributed by atoms with E-state index in [-0.39, 0.29) is 18.6 Å². The van der Waals surface area contributed by atoms with E-state index in [0.29, 0.717) is 19.2 Å². The maximum atomic E-state index is 11.8. The number of hydrogen-bond donors (Lipinski definition) is 2. The van der Waals surface area contributed by atoms with Gasteiger partial charge in [-0.05, 0) is 12.8 Å². The van der Waals surface area contributed by atoms with Gasteiger partial charge in [0.25, 0.3) is 0 Å². The Morgan fingerprint density at radius 3 is 2.65 bits per heavy atom. The van der Waals surface area contributed by atoms with E-state index >= 15 is 0 Å². The molecular weight excluding hydrogens is 220 g/mol. The minimum absolute atomic E-state index is 0.0669. The van der Waals surface area contributed by atoms with Crippen LogP contribution in [0, 0.1) is 0 Å². The van der Waals surface area contributed by atoms with Crippen molar-refractivity contribution in [2.75, 3.05) is 32.8 Å². The van der Waals surface area contributed by atoms with E-state index in [2.05, 4.69) is 5.32 Å². The molecule has 1 rings (SSSR count). The molecule has 0 unspecified atom stereocenters. The summed E-state index contributed by atoms with van der Waals surface area (Å²) in [6, 6.07) is 0.337. The summed E-state index contributed by atoms with van der Waals surface area (Å²) in [5.41, 5.74) is 0. The number of nitrogens with zero attached hydrogens (tertiary/aromatic N) is 1. The monoisotopic (exact) mass is 244 g/mol.